The second-order valence-electron chi connectivity index (χ2n) is 6.16. The number of rotatable bonds is 3. The Balaban J connectivity index is 2.10. The van der Waals surface area contributed by atoms with Crippen LogP contribution >= 0.6 is 0 Å². The number of pyridine rings is 1. The van der Waals surface area contributed by atoms with Crippen LogP contribution in [0.25, 0.3) is 5.57 Å². The summed E-state index contributed by atoms with van der Waals surface area (Å²) in [6, 6.07) is 4.12. The SMILES string of the molecule is CCNN1CC2=C(c3cccnc31)C(C(C)C)CN([O-])C2. The third kappa shape index (κ3) is 2.57. The van der Waals surface area contributed by atoms with E-state index in [-0.39, 0.29) is 5.92 Å². The standard InChI is InChI=1S/C16H23N4O/c1-4-18-20-9-12-8-19(21)10-14(11(2)3)15(12)13-6-5-7-17-16(13)20/h5-7,11,14,18H,4,8-10H2,1-3H3/q-1. The van der Waals surface area contributed by atoms with Crippen molar-refractivity contribution in [1.82, 2.24) is 15.5 Å². The van der Waals surface area contributed by atoms with Crippen LogP contribution < -0.4 is 10.4 Å². The molecule has 21 heavy (non-hydrogen) atoms. The minimum atomic E-state index is 0.290. The van der Waals surface area contributed by atoms with Gasteiger partial charge in [0.1, 0.15) is 0 Å². The van der Waals surface area contributed by atoms with Gasteiger partial charge >= 0.3 is 0 Å². The second kappa shape index (κ2) is 5.75. The lowest BCUT2D eigenvalue weighted by molar-refractivity contribution is 0.299. The molecule has 0 saturated heterocycles. The molecule has 0 fully saturated rings. The third-order valence-corrected chi connectivity index (χ3v) is 4.35. The molecule has 0 spiro atoms. The first-order valence-corrected chi connectivity index (χ1v) is 7.72. The Morgan fingerprint density at radius 1 is 1.43 bits per heavy atom. The van der Waals surface area contributed by atoms with E-state index < -0.39 is 0 Å². The van der Waals surface area contributed by atoms with Gasteiger partial charge in [-0.15, -0.1) is 0 Å². The maximum atomic E-state index is 12.0. The molecule has 1 unspecified atom stereocenters. The molecule has 3 heterocycles. The van der Waals surface area contributed by atoms with Gasteiger partial charge in [0.25, 0.3) is 0 Å². The van der Waals surface area contributed by atoms with Gasteiger partial charge in [-0.25, -0.2) is 10.4 Å². The van der Waals surface area contributed by atoms with Gasteiger partial charge in [0.2, 0.25) is 0 Å². The Kier molecular flexibility index (Phi) is 3.97. The molecule has 0 radical (unpaired) electrons. The fourth-order valence-electron chi connectivity index (χ4n) is 3.41. The predicted molar refractivity (Wildman–Crippen MR) is 85.4 cm³/mol. The van der Waals surface area contributed by atoms with Crippen LogP contribution in [0.2, 0.25) is 0 Å². The maximum absolute atomic E-state index is 12.0. The van der Waals surface area contributed by atoms with Crippen molar-refractivity contribution in [2.45, 2.75) is 20.8 Å². The van der Waals surface area contributed by atoms with Crippen molar-refractivity contribution in [3.05, 3.63) is 34.7 Å². The number of nitrogens with zero attached hydrogens (tertiary/aromatic N) is 3. The number of fused-ring (bicyclic) bond motifs is 2. The average molecular weight is 287 g/mol. The topological polar surface area (TPSA) is 54.5 Å². The van der Waals surface area contributed by atoms with E-state index in [0.717, 1.165) is 18.9 Å². The molecule has 0 bridgehead atoms. The summed E-state index contributed by atoms with van der Waals surface area (Å²) < 4.78 is 0. The molecule has 1 aromatic rings. The minimum Gasteiger partial charge on any atom is -0.785 e. The lowest BCUT2D eigenvalue weighted by atomic mass is 9.78. The number of hydrazine groups is 1. The van der Waals surface area contributed by atoms with Crippen LogP contribution in [-0.2, 0) is 0 Å². The summed E-state index contributed by atoms with van der Waals surface area (Å²) in [5, 5.41) is 15.3. The van der Waals surface area contributed by atoms with Gasteiger partial charge in [-0.05, 0) is 41.7 Å². The lowest BCUT2D eigenvalue weighted by Crippen LogP contribution is -2.47. The van der Waals surface area contributed by atoms with Gasteiger partial charge in [0.15, 0.2) is 5.82 Å². The Hall–Kier alpha value is -1.43. The molecular formula is C16H23N4O-. The molecule has 0 amide bonds. The van der Waals surface area contributed by atoms with Crippen molar-refractivity contribution >= 4 is 11.4 Å². The molecule has 5 heteroatoms. The maximum Gasteiger partial charge on any atom is 0.150 e. The van der Waals surface area contributed by atoms with Crippen molar-refractivity contribution < 1.29 is 0 Å². The van der Waals surface area contributed by atoms with Gasteiger partial charge in [0.05, 0.1) is 6.54 Å². The van der Waals surface area contributed by atoms with Gasteiger partial charge in [-0.1, -0.05) is 20.8 Å². The lowest BCUT2D eigenvalue weighted by Gasteiger charge is -2.46. The smallest absolute Gasteiger partial charge is 0.150 e. The second-order valence-corrected chi connectivity index (χ2v) is 6.16. The molecule has 0 aromatic carbocycles. The molecule has 114 valence electrons. The molecule has 1 N–H and O–H groups in total. The van der Waals surface area contributed by atoms with E-state index in [9.17, 15) is 5.21 Å². The minimum absolute atomic E-state index is 0.290. The van der Waals surface area contributed by atoms with Crippen molar-refractivity contribution in [3.63, 3.8) is 0 Å². The van der Waals surface area contributed by atoms with Crippen molar-refractivity contribution in [1.29, 1.82) is 0 Å². The van der Waals surface area contributed by atoms with Crippen LogP contribution in [0.5, 0.6) is 0 Å². The monoisotopic (exact) mass is 287 g/mol. The molecule has 1 atom stereocenters. The van der Waals surface area contributed by atoms with Crippen LogP contribution in [0.3, 0.4) is 0 Å². The Morgan fingerprint density at radius 2 is 2.24 bits per heavy atom. The van der Waals surface area contributed by atoms with Crippen LogP contribution in [0.1, 0.15) is 26.3 Å². The third-order valence-electron chi connectivity index (χ3n) is 4.35. The number of nitrogens with one attached hydrogen (secondary N) is 1. The summed E-state index contributed by atoms with van der Waals surface area (Å²) in [5.74, 6) is 1.73. The van der Waals surface area contributed by atoms with E-state index in [2.05, 4.69) is 42.3 Å². The van der Waals surface area contributed by atoms with Crippen LogP contribution in [0, 0.1) is 17.0 Å². The number of hydrogen-bond acceptors (Lipinski definition) is 5. The largest absolute Gasteiger partial charge is 0.785 e. The highest BCUT2D eigenvalue weighted by Gasteiger charge is 2.34. The fraction of sp³-hybridized carbons (Fsp3) is 0.562. The Morgan fingerprint density at radius 3 is 2.95 bits per heavy atom. The van der Waals surface area contributed by atoms with Crippen LogP contribution in [0.15, 0.2) is 23.9 Å². The van der Waals surface area contributed by atoms with Gasteiger partial charge < -0.3 is 10.3 Å². The highest BCUT2D eigenvalue weighted by molar-refractivity contribution is 5.82. The number of anilines is 1. The zero-order valence-electron chi connectivity index (χ0n) is 13.0. The molecule has 3 rings (SSSR count). The van der Waals surface area contributed by atoms with Crippen molar-refractivity contribution in [2.75, 3.05) is 31.2 Å². The molecule has 0 aliphatic carbocycles. The van der Waals surface area contributed by atoms with Gasteiger partial charge in [-0.2, -0.15) is 0 Å². The van der Waals surface area contributed by atoms with E-state index in [1.54, 1.807) is 0 Å². The quantitative estimate of drug-likeness (QED) is 0.924. The molecule has 0 saturated carbocycles. The van der Waals surface area contributed by atoms with Crippen LogP contribution in [0.4, 0.5) is 5.82 Å². The van der Waals surface area contributed by atoms with E-state index >= 15 is 0 Å². The fourth-order valence-corrected chi connectivity index (χ4v) is 3.41. The summed E-state index contributed by atoms with van der Waals surface area (Å²) >= 11 is 0. The highest BCUT2D eigenvalue weighted by atomic mass is 16.5. The molecule has 5 nitrogen and oxygen atoms in total. The molecule has 2 aliphatic heterocycles. The normalized spacial score (nSPS) is 22.5. The van der Waals surface area contributed by atoms with E-state index in [0.29, 0.717) is 19.0 Å². The van der Waals surface area contributed by atoms with Crippen LogP contribution in [-0.4, -0.2) is 36.2 Å². The number of aromatic nitrogens is 1. The molecule has 1 aromatic heterocycles. The van der Waals surface area contributed by atoms with E-state index in [4.69, 9.17) is 0 Å². The summed E-state index contributed by atoms with van der Waals surface area (Å²) in [6.07, 6.45) is 1.84. The van der Waals surface area contributed by atoms with Gasteiger partial charge in [0, 0.05) is 24.8 Å². The first kappa shape index (κ1) is 14.5. The summed E-state index contributed by atoms with van der Waals surface area (Å²) in [7, 11) is 0. The van der Waals surface area contributed by atoms with Crippen molar-refractivity contribution in [3.8, 4) is 0 Å². The van der Waals surface area contributed by atoms with Gasteiger partial charge in [-0.3, -0.25) is 5.01 Å². The Bertz CT molecular complexity index is 555. The van der Waals surface area contributed by atoms with Crippen molar-refractivity contribution in [2.24, 2.45) is 11.8 Å². The molecule has 2 aliphatic rings. The summed E-state index contributed by atoms with van der Waals surface area (Å²) in [5.41, 5.74) is 7.12. The summed E-state index contributed by atoms with van der Waals surface area (Å²) in [6.45, 7) is 9.15. The highest BCUT2D eigenvalue weighted by Crippen LogP contribution is 2.42. The zero-order chi connectivity index (χ0) is 15.0. The predicted octanol–water partition coefficient (Wildman–Crippen LogP) is 2.27. The number of hydrogen-bond donors (Lipinski definition) is 1. The number of hydroxylamine groups is 2. The Labute approximate surface area is 126 Å². The first-order chi connectivity index (χ1) is 10.1. The summed E-state index contributed by atoms with van der Waals surface area (Å²) in [4.78, 5) is 4.56. The molecular weight excluding hydrogens is 264 g/mol. The van der Waals surface area contributed by atoms with E-state index in [1.165, 1.54) is 21.8 Å². The van der Waals surface area contributed by atoms with E-state index in [1.807, 2.05) is 12.3 Å². The zero-order valence-corrected chi connectivity index (χ0v) is 13.0. The average Bonchev–Trinajstić information content (AvgIpc) is 2.46. The first-order valence-electron chi connectivity index (χ1n) is 7.72.